The first kappa shape index (κ1) is 15.2. The van der Waals surface area contributed by atoms with Crippen molar-refractivity contribution in [3.63, 3.8) is 0 Å². The summed E-state index contributed by atoms with van der Waals surface area (Å²) < 4.78 is 0. The summed E-state index contributed by atoms with van der Waals surface area (Å²) in [5.41, 5.74) is 2.11. The van der Waals surface area contributed by atoms with Gasteiger partial charge in [-0.1, -0.05) is 30.3 Å². The van der Waals surface area contributed by atoms with Crippen LogP contribution in [0.2, 0.25) is 0 Å². The summed E-state index contributed by atoms with van der Waals surface area (Å²) in [6.07, 6.45) is 0. The molecule has 0 spiro atoms. The van der Waals surface area contributed by atoms with Crippen LogP contribution in [0.15, 0.2) is 36.4 Å². The fraction of sp³-hybridized carbons (Fsp3) is 0.286. The molecule has 0 bridgehead atoms. The van der Waals surface area contributed by atoms with Crippen molar-refractivity contribution in [1.82, 2.24) is 9.97 Å². The number of hydrazine groups is 1. The summed E-state index contributed by atoms with van der Waals surface area (Å²) in [4.78, 5) is 8.67. The van der Waals surface area contributed by atoms with Gasteiger partial charge in [-0.2, -0.15) is 0 Å². The van der Waals surface area contributed by atoms with E-state index in [0.717, 1.165) is 5.56 Å². The predicted molar refractivity (Wildman–Crippen MR) is 81.5 cm³/mol. The molecular weight excluding hydrogens is 270 g/mol. The van der Waals surface area contributed by atoms with Gasteiger partial charge in [0.15, 0.2) is 5.82 Å². The van der Waals surface area contributed by atoms with Crippen LogP contribution in [0, 0.1) is 0 Å². The fourth-order valence-electron chi connectivity index (χ4n) is 1.66. The smallest absolute Gasteiger partial charge is 0.163 e. The molecule has 7 heteroatoms. The topological polar surface area (TPSA) is 116 Å². The second kappa shape index (κ2) is 6.49. The van der Waals surface area contributed by atoms with E-state index in [-0.39, 0.29) is 13.2 Å². The Morgan fingerprint density at radius 3 is 2.48 bits per heavy atom. The highest BCUT2D eigenvalue weighted by molar-refractivity contribution is 5.60. The lowest BCUT2D eigenvalue weighted by molar-refractivity contribution is 0.0132. The molecule has 0 aliphatic heterocycles. The van der Waals surface area contributed by atoms with Crippen LogP contribution < -0.4 is 16.6 Å². The summed E-state index contributed by atoms with van der Waals surface area (Å²) in [7, 11) is 0. The number of nitrogen functional groups attached to an aromatic ring is 1. The van der Waals surface area contributed by atoms with Gasteiger partial charge >= 0.3 is 0 Å². The van der Waals surface area contributed by atoms with Gasteiger partial charge in [0.05, 0.1) is 6.61 Å². The molecule has 0 fully saturated rings. The SMILES string of the molecule is CC(O)(CO)CNc1cc(NN)nc(-c2ccccc2)n1. The quantitative estimate of drug-likeness (QED) is 0.390. The number of hydrogen-bond acceptors (Lipinski definition) is 7. The zero-order valence-electron chi connectivity index (χ0n) is 11.7. The average Bonchev–Trinajstić information content (AvgIpc) is 2.53. The molecule has 7 nitrogen and oxygen atoms in total. The van der Waals surface area contributed by atoms with Crippen LogP contribution in [0.5, 0.6) is 0 Å². The Morgan fingerprint density at radius 2 is 1.86 bits per heavy atom. The molecule has 1 atom stereocenters. The number of hydrogen-bond donors (Lipinski definition) is 5. The summed E-state index contributed by atoms with van der Waals surface area (Å²) in [5.74, 6) is 6.89. The molecule has 112 valence electrons. The van der Waals surface area contributed by atoms with Crippen molar-refractivity contribution in [2.24, 2.45) is 5.84 Å². The first-order valence-corrected chi connectivity index (χ1v) is 6.52. The number of aromatic nitrogens is 2. The highest BCUT2D eigenvalue weighted by atomic mass is 16.3. The number of aliphatic hydroxyl groups excluding tert-OH is 1. The van der Waals surface area contributed by atoms with Crippen molar-refractivity contribution < 1.29 is 10.2 Å². The first-order valence-electron chi connectivity index (χ1n) is 6.52. The minimum absolute atomic E-state index is 0.152. The summed E-state index contributed by atoms with van der Waals surface area (Å²) >= 11 is 0. The molecule has 1 unspecified atom stereocenters. The van der Waals surface area contributed by atoms with Gasteiger partial charge in [0, 0.05) is 18.2 Å². The Balaban J connectivity index is 2.26. The first-order chi connectivity index (χ1) is 10.0. The third-order valence-electron chi connectivity index (χ3n) is 2.90. The fourth-order valence-corrected chi connectivity index (χ4v) is 1.66. The van der Waals surface area contributed by atoms with Crippen LogP contribution in [0.4, 0.5) is 11.6 Å². The molecule has 1 heterocycles. The van der Waals surface area contributed by atoms with Crippen molar-refractivity contribution in [3.05, 3.63) is 36.4 Å². The van der Waals surface area contributed by atoms with E-state index < -0.39 is 5.60 Å². The van der Waals surface area contributed by atoms with Gasteiger partial charge in [-0.05, 0) is 6.92 Å². The van der Waals surface area contributed by atoms with Crippen molar-refractivity contribution >= 4 is 11.6 Å². The van der Waals surface area contributed by atoms with Crippen molar-refractivity contribution in [1.29, 1.82) is 0 Å². The second-order valence-electron chi connectivity index (χ2n) is 4.98. The highest BCUT2D eigenvalue weighted by Gasteiger charge is 2.19. The predicted octanol–water partition coefficient (Wildman–Crippen LogP) is 0.584. The maximum absolute atomic E-state index is 9.80. The summed E-state index contributed by atoms with van der Waals surface area (Å²) in [5, 5.41) is 21.8. The van der Waals surface area contributed by atoms with Crippen molar-refractivity contribution in [2.45, 2.75) is 12.5 Å². The van der Waals surface area contributed by atoms with Crippen LogP contribution in [-0.2, 0) is 0 Å². The molecule has 0 saturated carbocycles. The Kier molecular flexibility index (Phi) is 4.69. The van der Waals surface area contributed by atoms with Gasteiger partial charge in [-0.25, -0.2) is 15.8 Å². The van der Waals surface area contributed by atoms with Crippen molar-refractivity contribution in [2.75, 3.05) is 23.9 Å². The normalized spacial score (nSPS) is 13.5. The Bertz CT molecular complexity index is 589. The molecule has 1 aromatic carbocycles. The molecule has 0 aliphatic carbocycles. The number of nitrogens with zero attached hydrogens (tertiary/aromatic N) is 2. The van der Waals surface area contributed by atoms with E-state index in [1.54, 1.807) is 6.07 Å². The molecule has 2 rings (SSSR count). The van der Waals surface area contributed by atoms with E-state index in [2.05, 4.69) is 20.7 Å². The van der Waals surface area contributed by atoms with E-state index in [1.807, 2.05) is 30.3 Å². The monoisotopic (exact) mass is 289 g/mol. The molecule has 2 aromatic rings. The van der Waals surface area contributed by atoms with Crippen LogP contribution in [0.25, 0.3) is 11.4 Å². The molecule has 0 amide bonds. The second-order valence-corrected chi connectivity index (χ2v) is 4.98. The Morgan fingerprint density at radius 1 is 1.19 bits per heavy atom. The molecule has 21 heavy (non-hydrogen) atoms. The van der Waals surface area contributed by atoms with Gasteiger partial charge in [0.1, 0.15) is 17.2 Å². The number of aliphatic hydroxyl groups is 2. The number of benzene rings is 1. The zero-order valence-corrected chi connectivity index (χ0v) is 11.7. The van der Waals surface area contributed by atoms with Crippen LogP contribution in [-0.4, -0.2) is 38.9 Å². The Hall–Kier alpha value is -2.22. The van der Waals surface area contributed by atoms with Gasteiger partial charge in [0.25, 0.3) is 0 Å². The molecule has 0 radical (unpaired) electrons. The largest absolute Gasteiger partial charge is 0.393 e. The maximum atomic E-state index is 9.80. The van der Waals surface area contributed by atoms with Crippen LogP contribution in [0.1, 0.15) is 6.92 Å². The lowest BCUT2D eigenvalue weighted by Crippen LogP contribution is -2.37. The number of nitrogens with one attached hydrogen (secondary N) is 2. The highest BCUT2D eigenvalue weighted by Crippen LogP contribution is 2.20. The number of nitrogens with two attached hydrogens (primary N) is 1. The van der Waals surface area contributed by atoms with E-state index in [4.69, 9.17) is 10.9 Å². The lowest BCUT2D eigenvalue weighted by Gasteiger charge is -2.21. The summed E-state index contributed by atoms with van der Waals surface area (Å²) in [6.45, 7) is 1.33. The minimum atomic E-state index is -1.23. The molecule has 6 N–H and O–H groups in total. The third kappa shape index (κ3) is 4.12. The van der Waals surface area contributed by atoms with Gasteiger partial charge in [-0.15, -0.1) is 0 Å². The van der Waals surface area contributed by atoms with E-state index >= 15 is 0 Å². The number of rotatable bonds is 6. The van der Waals surface area contributed by atoms with E-state index in [1.165, 1.54) is 6.92 Å². The van der Waals surface area contributed by atoms with Crippen LogP contribution >= 0.6 is 0 Å². The maximum Gasteiger partial charge on any atom is 0.163 e. The minimum Gasteiger partial charge on any atom is -0.393 e. The molecular formula is C14H19N5O2. The molecule has 0 aliphatic rings. The Labute approximate surface area is 122 Å². The summed E-state index contributed by atoms with van der Waals surface area (Å²) in [6, 6.07) is 11.1. The van der Waals surface area contributed by atoms with Crippen LogP contribution in [0.3, 0.4) is 0 Å². The average molecular weight is 289 g/mol. The van der Waals surface area contributed by atoms with Gasteiger partial charge < -0.3 is 21.0 Å². The number of anilines is 2. The molecule has 1 aromatic heterocycles. The van der Waals surface area contributed by atoms with Crippen molar-refractivity contribution in [3.8, 4) is 11.4 Å². The standard InChI is InChI=1S/C14H19N5O2/c1-14(21,9-20)8-16-11-7-12(19-15)18-13(17-11)10-5-3-2-4-6-10/h2-7,20-21H,8-9,15H2,1H3,(H2,16,17,18,19). The van der Waals surface area contributed by atoms with Gasteiger partial charge in [-0.3, -0.25) is 0 Å². The van der Waals surface area contributed by atoms with E-state index in [0.29, 0.717) is 17.5 Å². The van der Waals surface area contributed by atoms with Gasteiger partial charge in [0.2, 0.25) is 0 Å². The zero-order chi connectivity index (χ0) is 15.3. The molecule has 0 saturated heterocycles. The lowest BCUT2D eigenvalue weighted by atomic mass is 10.1. The van der Waals surface area contributed by atoms with E-state index in [9.17, 15) is 5.11 Å². The third-order valence-corrected chi connectivity index (χ3v) is 2.90.